The maximum atomic E-state index is 11.5. The van der Waals surface area contributed by atoms with Gasteiger partial charge in [0.15, 0.2) is 11.5 Å². The van der Waals surface area contributed by atoms with Crippen molar-refractivity contribution in [2.24, 2.45) is 0 Å². The van der Waals surface area contributed by atoms with Crippen molar-refractivity contribution in [2.45, 2.75) is 25.5 Å². The lowest BCUT2D eigenvalue weighted by atomic mass is 10.2. The molecule has 0 aromatic heterocycles. The minimum absolute atomic E-state index is 0.0763. The largest absolute Gasteiger partial charge is 0.493 e. The smallest absolute Gasteiger partial charge is 0.337 e. The molecule has 0 fully saturated rings. The van der Waals surface area contributed by atoms with Crippen molar-refractivity contribution in [2.75, 3.05) is 34.0 Å². The van der Waals surface area contributed by atoms with Crippen LogP contribution in [-0.4, -0.2) is 62.3 Å². The number of methoxy groups -OCH3 is 2. The van der Waals surface area contributed by atoms with Gasteiger partial charge < -0.3 is 29.7 Å². The fourth-order valence-electron chi connectivity index (χ4n) is 2.01. The molecule has 0 aliphatic heterocycles. The lowest BCUT2D eigenvalue weighted by Gasteiger charge is -2.16. The number of rotatable bonds is 10. The van der Waals surface area contributed by atoms with Crippen LogP contribution in [0.3, 0.4) is 0 Å². The highest BCUT2D eigenvalue weighted by Gasteiger charge is 2.15. The van der Waals surface area contributed by atoms with Crippen molar-refractivity contribution in [3.63, 3.8) is 0 Å². The number of aliphatic hydroxyl groups is 2. The average molecular weight is 328 g/mol. The van der Waals surface area contributed by atoms with Gasteiger partial charge in [-0.3, -0.25) is 0 Å². The Balaban J connectivity index is 2.58. The fourth-order valence-corrected chi connectivity index (χ4v) is 2.01. The maximum Gasteiger partial charge on any atom is 0.337 e. The number of nitrogens with two attached hydrogens (primary N) is 1. The van der Waals surface area contributed by atoms with Gasteiger partial charge in [0, 0.05) is 0 Å². The maximum absolute atomic E-state index is 11.5. The van der Waals surface area contributed by atoms with Gasteiger partial charge in [0.25, 0.3) is 0 Å². The molecule has 1 aromatic carbocycles. The Morgan fingerprint density at radius 2 is 2.04 bits per heavy atom. The van der Waals surface area contributed by atoms with Gasteiger partial charge in [-0.1, -0.05) is 6.92 Å². The van der Waals surface area contributed by atoms with E-state index in [2.05, 4.69) is 4.74 Å². The van der Waals surface area contributed by atoms with Gasteiger partial charge in [-0.25, -0.2) is 4.79 Å². The van der Waals surface area contributed by atoms with Crippen LogP contribution in [0.2, 0.25) is 0 Å². The van der Waals surface area contributed by atoms with Gasteiger partial charge in [0.2, 0.25) is 0 Å². The molecule has 130 valence electrons. The van der Waals surface area contributed by atoms with Crippen LogP contribution >= 0.6 is 0 Å². The first-order valence-electron chi connectivity index (χ1n) is 7.57. The van der Waals surface area contributed by atoms with Gasteiger partial charge in [-0.05, 0) is 24.6 Å². The first-order chi connectivity index (χ1) is 11.0. The summed E-state index contributed by atoms with van der Waals surface area (Å²) < 4.78 is 15.4. The number of carbonyl (C=O) groups is 1. The summed E-state index contributed by atoms with van der Waals surface area (Å²) in [4.78, 5) is 11.5. The van der Waals surface area contributed by atoms with Crippen molar-refractivity contribution >= 4 is 5.97 Å². The minimum Gasteiger partial charge on any atom is -0.493 e. The van der Waals surface area contributed by atoms with Crippen LogP contribution < -0.4 is 14.8 Å². The van der Waals surface area contributed by atoms with Crippen LogP contribution in [0.15, 0.2) is 18.2 Å². The molecule has 0 aliphatic carbocycles. The summed E-state index contributed by atoms with van der Waals surface area (Å²) in [7, 11) is 2.78. The quantitative estimate of drug-likeness (QED) is 0.503. The molecule has 0 saturated carbocycles. The number of carbonyl (C=O) groups excluding carboxylic acids is 1. The average Bonchev–Trinajstić information content (AvgIpc) is 2.59. The van der Waals surface area contributed by atoms with Gasteiger partial charge in [-0.15, -0.1) is 0 Å². The Labute approximate surface area is 136 Å². The summed E-state index contributed by atoms with van der Waals surface area (Å²) in [6.45, 7) is 2.58. The monoisotopic (exact) mass is 328 g/mol. The van der Waals surface area contributed by atoms with E-state index in [0.717, 1.165) is 6.42 Å². The van der Waals surface area contributed by atoms with Gasteiger partial charge in [0.05, 0.1) is 26.4 Å². The minimum atomic E-state index is -0.680. The van der Waals surface area contributed by atoms with E-state index in [0.29, 0.717) is 23.6 Å². The third kappa shape index (κ3) is 6.05. The molecule has 0 radical (unpaired) electrons. The molecule has 0 aliphatic rings. The van der Waals surface area contributed by atoms with Crippen molar-refractivity contribution in [1.82, 2.24) is 0 Å². The second kappa shape index (κ2) is 10.0. The Hall–Kier alpha value is -1.83. The Bertz CT molecular complexity index is 489. The predicted molar refractivity (Wildman–Crippen MR) is 83.8 cm³/mol. The predicted octanol–water partition coefficient (Wildman–Crippen LogP) is -0.444. The molecular weight excluding hydrogens is 302 g/mol. The van der Waals surface area contributed by atoms with E-state index in [9.17, 15) is 9.90 Å². The zero-order chi connectivity index (χ0) is 17.2. The van der Waals surface area contributed by atoms with Gasteiger partial charge >= 0.3 is 5.97 Å². The Kier molecular flexibility index (Phi) is 8.39. The van der Waals surface area contributed by atoms with Crippen molar-refractivity contribution in [1.29, 1.82) is 0 Å². The standard InChI is InChI=1S/C16H25NO6/c1-4-12(9-18)17-8-13(19)10-23-14-6-5-11(16(20)22-3)7-15(14)21-2/h5-7,12-13,17-19H,4,8-10H2,1-3H3/p+1/t12-,13+/m1/s1. The molecule has 0 amide bonds. The molecule has 0 unspecified atom stereocenters. The second-order valence-corrected chi connectivity index (χ2v) is 5.14. The number of esters is 1. The van der Waals surface area contributed by atoms with E-state index in [4.69, 9.17) is 14.6 Å². The van der Waals surface area contributed by atoms with Gasteiger partial charge in [0.1, 0.15) is 25.3 Å². The lowest BCUT2D eigenvalue weighted by molar-refractivity contribution is -0.696. The number of hydrogen-bond donors (Lipinski definition) is 3. The first kappa shape index (κ1) is 19.2. The van der Waals surface area contributed by atoms with E-state index in [1.165, 1.54) is 20.3 Å². The van der Waals surface area contributed by atoms with Crippen molar-refractivity contribution in [3.8, 4) is 11.5 Å². The normalized spacial score (nSPS) is 13.3. The highest BCUT2D eigenvalue weighted by atomic mass is 16.5. The summed E-state index contributed by atoms with van der Waals surface area (Å²) in [5.41, 5.74) is 0.360. The Morgan fingerprint density at radius 1 is 1.30 bits per heavy atom. The van der Waals surface area contributed by atoms with Crippen LogP contribution in [0.25, 0.3) is 0 Å². The van der Waals surface area contributed by atoms with Crippen LogP contribution in [0.4, 0.5) is 0 Å². The highest BCUT2D eigenvalue weighted by Crippen LogP contribution is 2.28. The number of quaternary nitrogens is 1. The lowest BCUT2D eigenvalue weighted by Crippen LogP contribution is -2.92. The van der Waals surface area contributed by atoms with Crippen molar-refractivity contribution < 1.29 is 34.5 Å². The fraction of sp³-hybridized carbons (Fsp3) is 0.562. The zero-order valence-corrected chi connectivity index (χ0v) is 13.8. The summed E-state index contributed by atoms with van der Waals surface area (Å²) >= 11 is 0. The van der Waals surface area contributed by atoms with E-state index < -0.39 is 12.1 Å². The SMILES string of the molecule is CC[C@H](CO)[NH2+]C[C@H](O)COc1ccc(C(=O)OC)cc1OC. The van der Waals surface area contributed by atoms with Gasteiger partial charge in [-0.2, -0.15) is 0 Å². The summed E-state index contributed by atoms with van der Waals surface area (Å²) in [6, 6.07) is 4.78. The van der Waals surface area contributed by atoms with E-state index >= 15 is 0 Å². The second-order valence-electron chi connectivity index (χ2n) is 5.14. The third-order valence-electron chi connectivity index (χ3n) is 3.52. The molecule has 1 aromatic rings. The Morgan fingerprint density at radius 3 is 2.61 bits per heavy atom. The molecule has 0 bridgehead atoms. The molecular formula is C16H26NO6+. The molecule has 7 nitrogen and oxygen atoms in total. The summed E-state index contributed by atoms with van der Waals surface area (Å²) in [6.07, 6.45) is 0.146. The highest BCUT2D eigenvalue weighted by molar-refractivity contribution is 5.90. The van der Waals surface area contributed by atoms with Crippen LogP contribution in [0.5, 0.6) is 11.5 Å². The first-order valence-corrected chi connectivity index (χ1v) is 7.57. The molecule has 0 saturated heterocycles. The molecule has 2 atom stereocenters. The van der Waals surface area contributed by atoms with E-state index in [1.54, 1.807) is 12.1 Å². The van der Waals surface area contributed by atoms with E-state index in [1.807, 2.05) is 12.2 Å². The van der Waals surface area contributed by atoms with Crippen LogP contribution in [-0.2, 0) is 4.74 Å². The van der Waals surface area contributed by atoms with Crippen LogP contribution in [0.1, 0.15) is 23.7 Å². The number of ether oxygens (including phenoxy) is 3. The number of benzene rings is 1. The summed E-state index contributed by atoms with van der Waals surface area (Å²) in [5, 5.41) is 20.9. The molecule has 23 heavy (non-hydrogen) atoms. The van der Waals surface area contributed by atoms with E-state index in [-0.39, 0.29) is 19.3 Å². The molecule has 7 heteroatoms. The molecule has 1 rings (SSSR count). The third-order valence-corrected chi connectivity index (χ3v) is 3.52. The zero-order valence-electron chi connectivity index (χ0n) is 13.8. The number of aliphatic hydroxyl groups excluding tert-OH is 2. The number of hydrogen-bond acceptors (Lipinski definition) is 6. The molecule has 4 N–H and O–H groups in total. The summed E-state index contributed by atoms with van der Waals surface area (Å²) in [5.74, 6) is 0.373. The van der Waals surface area contributed by atoms with Crippen molar-refractivity contribution in [3.05, 3.63) is 23.8 Å². The topological polar surface area (TPSA) is 102 Å². The van der Waals surface area contributed by atoms with Crippen LogP contribution in [0, 0.1) is 0 Å². The molecule has 0 spiro atoms. The molecule has 0 heterocycles.